The highest BCUT2D eigenvalue weighted by molar-refractivity contribution is 9.10. The van der Waals surface area contributed by atoms with Gasteiger partial charge in [-0.05, 0) is 24.1 Å². The molecule has 0 bridgehead atoms. The van der Waals surface area contributed by atoms with Gasteiger partial charge < -0.3 is 14.6 Å². The second kappa shape index (κ2) is 9.71. The number of hydrogen-bond acceptors (Lipinski definition) is 7. The molecule has 3 N–H and O–H groups in total. The van der Waals surface area contributed by atoms with Crippen LogP contribution in [-0.2, 0) is 0 Å². The van der Waals surface area contributed by atoms with Crippen LogP contribution < -0.4 is 14.2 Å². The molecule has 0 saturated carbocycles. The molecule has 0 unspecified atom stereocenters. The van der Waals surface area contributed by atoms with Crippen LogP contribution >= 0.6 is 28.1 Å². The van der Waals surface area contributed by atoms with E-state index in [1.165, 1.54) is 18.5 Å². The van der Waals surface area contributed by atoms with Crippen molar-refractivity contribution in [1.82, 2.24) is 14.7 Å². The first kappa shape index (κ1) is 18.0. The van der Waals surface area contributed by atoms with Crippen LogP contribution in [0.25, 0.3) is 11.1 Å². The van der Waals surface area contributed by atoms with Crippen molar-refractivity contribution < 1.29 is 9.84 Å². The number of halogens is 1. The van der Waals surface area contributed by atoms with E-state index >= 15 is 0 Å². The smallest absolute Gasteiger partial charge is 0.226 e. The zero-order valence-corrected chi connectivity index (χ0v) is 15.2. The van der Waals surface area contributed by atoms with E-state index in [1.54, 1.807) is 0 Å². The van der Waals surface area contributed by atoms with Crippen LogP contribution in [0.3, 0.4) is 0 Å². The molecule has 1 heterocycles. The van der Waals surface area contributed by atoms with Gasteiger partial charge in [0.15, 0.2) is 5.82 Å². The molecule has 0 fully saturated rings. The van der Waals surface area contributed by atoms with Crippen LogP contribution in [0.2, 0.25) is 0 Å². The Balaban J connectivity index is 2.30. The molecule has 0 amide bonds. The Bertz CT molecular complexity index is 613. The van der Waals surface area contributed by atoms with Gasteiger partial charge in [0, 0.05) is 23.2 Å². The average molecular weight is 399 g/mol. The van der Waals surface area contributed by atoms with Gasteiger partial charge in [0.05, 0.1) is 12.2 Å². The summed E-state index contributed by atoms with van der Waals surface area (Å²) in [6.45, 7) is 3.11. The number of rotatable bonds is 9. The van der Waals surface area contributed by atoms with E-state index in [0.717, 1.165) is 28.6 Å². The maximum absolute atomic E-state index is 8.99. The van der Waals surface area contributed by atoms with Gasteiger partial charge in [-0.3, -0.25) is 0 Å². The lowest BCUT2D eigenvalue weighted by Crippen LogP contribution is -2.10. The highest BCUT2D eigenvalue weighted by atomic mass is 79.9. The Kier molecular flexibility index (Phi) is 7.60. The normalized spacial score (nSPS) is 10.6. The summed E-state index contributed by atoms with van der Waals surface area (Å²) < 4.78 is 12.9. The number of aliphatic hydroxyl groups excluding tert-OH is 1. The summed E-state index contributed by atoms with van der Waals surface area (Å²) in [4.78, 5) is 8.50. The zero-order chi connectivity index (χ0) is 16.5. The SMILES string of the molecule is CCCNSNc1ncnc(OCCO)c1-c1ccc(Br)cc1. The number of aromatic nitrogens is 2. The molecular weight excluding hydrogens is 380 g/mol. The molecule has 23 heavy (non-hydrogen) atoms. The summed E-state index contributed by atoms with van der Waals surface area (Å²) in [5.74, 6) is 1.10. The second-order valence-corrected chi connectivity index (χ2v) is 6.19. The molecule has 2 aromatic rings. The van der Waals surface area contributed by atoms with Gasteiger partial charge in [0.2, 0.25) is 5.88 Å². The largest absolute Gasteiger partial charge is 0.475 e. The number of nitrogens with zero attached hydrogens (tertiary/aromatic N) is 2. The fraction of sp³-hybridized carbons (Fsp3) is 0.333. The molecule has 0 spiro atoms. The number of benzene rings is 1. The van der Waals surface area contributed by atoms with Crippen LogP contribution in [0.5, 0.6) is 5.88 Å². The van der Waals surface area contributed by atoms with E-state index in [4.69, 9.17) is 9.84 Å². The molecule has 1 aromatic heterocycles. The molecular formula is C15H19BrN4O2S. The lowest BCUT2D eigenvalue weighted by molar-refractivity contribution is 0.197. The van der Waals surface area contributed by atoms with Crippen molar-refractivity contribution in [1.29, 1.82) is 0 Å². The van der Waals surface area contributed by atoms with E-state index < -0.39 is 0 Å². The summed E-state index contributed by atoms with van der Waals surface area (Å²) in [6, 6.07) is 7.82. The summed E-state index contributed by atoms with van der Waals surface area (Å²) in [5, 5.41) is 8.99. The quantitative estimate of drug-likeness (QED) is 0.441. The number of ether oxygens (including phenoxy) is 1. The highest BCUT2D eigenvalue weighted by Crippen LogP contribution is 2.35. The van der Waals surface area contributed by atoms with E-state index in [9.17, 15) is 0 Å². The van der Waals surface area contributed by atoms with Gasteiger partial charge in [-0.25, -0.2) is 14.7 Å². The summed E-state index contributed by atoms with van der Waals surface area (Å²) >= 11 is 4.80. The van der Waals surface area contributed by atoms with Crippen molar-refractivity contribution in [3.05, 3.63) is 35.1 Å². The van der Waals surface area contributed by atoms with Gasteiger partial charge in [0.1, 0.15) is 12.9 Å². The third kappa shape index (κ3) is 5.35. The fourth-order valence-electron chi connectivity index (χ4n) is 1.81. The topological polar surface area (TPSA) is 79.3 Å². The van der Waals surface area contributed by atoms with Crippen LogP contribution in [0, 0.1) is 0 Å². The Hall–Kier alpha value is -1.35. The van der Waals surface area contributed by atoms with Gasteiger partial charge in [-0.2, -0.15) is 0 Å². The van der Waals surface area contributed by atoms with Crippen molar-refractivity contribution in [2.45, 2.75) is 13.3 Å². The summed E-state index contributed by atoms with van der Waals surface area (Å²) in [6.07, 6.45) is 2.49. The molecule has 1 aromatic carbocycles. The van der Waals surface area contributed by atoms with E-state index in [2.05, 4.69) is 42.3 Å². The molecule has 0 radical (unpaired) electrons. The Labute approximate surface area is 148 Å². The van der Waals surface area contributed by atoms with Crippen molar-refractivity contribution in [2.24, 2.45) is 0 Å². The molecule has 124 valence electrons. The maximum atomic E-state index is 8.99. The van der Waals surface area contributed by atoms with E-state index in [-0.39, 0.29) is 13.2 Å². The Morgan fingerprint density at radius 1 is 1.26 bits per heavy atom. The van der Waals surface area contributed by atoms with Crippen molar-refractivity contribution in [3.8, 4) is 17.0 Å². The van der Waals surface area contributed by atoms with E-state index in [1.807, 2.05) is 24.3 Å². The zero-order valence-electron chi connectivity index (χ0n) is 12.8. The van der Waals surface area contributed by atoms with Crippen LogP contribution in [0.1, 0.15) is 13.3 Å². The minimum absolute atomic E-state index is 0.0701. The fourth-order valence-corrected chi connectivity index (χ4v) is 2.71. The first-order valence-corrected chi connectivity index (χ1v) is 8.86. The molecule has 0 saturated heterocycles. The lowest BCUT2D eigenvalue weighted by Gasteiger charge is -2.14. The molecule has 2 rings (SSSR count). The maximum Gasteiger partial charge on any atom is 0.226 e. The third-order valence-electron chi connectivity index (χ3n) is 2.85. The lowest BCUT2D eigenvalue weighted by atomic mass is 10.1. The predicted molar refractivity (Wildman–Crippen MR) is 97.3 cm³/mol. The minimum Gasteiger partial charge on any atom is -0.475 e. The first-order valence-electron chi connectivity index (χ1n) is 7.25. The monoisotopic (exact) mass is 398 g/mol. The van der Waals surface area contributed by atoms with E-state index in [0.29, 0.717) is 11.7 Å². The second-order valence-electron chi connectivity index (χ2n) is 4.58. The molecule has 6 nitrogen and oxygen atoms in total. The van der Waals surface area contributed by atoms with Gasteiger partial charge in [-0.1, -0.05) is 35.0 Å². The third-order valence-corrected chi connectivity index (χ3v) is 4.02. The molecule has 8 heteroatoms. The minimum atomic E-state index is -0.0701. The number of hydrogen-bond donors (Lipinski definition) is 3. The standard InChI is InChI=1S/C15H19BrN4O2S/c1-2-7-19-23-20-14-13(11-3-5-12(16)6-4-11)15(18-10-17-14)22-9-8-21/h3-6,10,19,21H,2,7-9H2,1H3,(H,17,18,20). The first-order chi connectivity index (χ1) is 11.3. The van der Waals surface area contributed by atoms with Crippen LogP contribution in [0.15, 0.2) is 35.1 Å². The number of nitrogens with one attached hydrogen (secondary N) is 2. The van der Waals surface area contributed by atoms with Gasteiger partial charge >= 0.3 is 0 Å². The van der Waals surface area contributed by atoms with Crippen molar-refractivity contribution in [2.75, 3.05) is 24.5 Å². The van der Waals surface area contributed by atoms with Gasteiger partial charge in [0.25, 0.3) is 0 Å². The van der Waals surface area contributed by atoms with Crippen LogP contribution in [-0.4, -0.2) is 34.8 Å². The highest BCUT2D eigenvalue weighted by Gasteiger charge is 2.15. The number of anilines is 1. The Morgan fingerprint density at radius 2 is 2.04 bits per heavy atom. The van der Waals surface area contributed by atoms with Crippen molar-refractivity contribution in [3.63, 3.8) is 0 Å². The summed E-state index contributed by atoms with van der Waals surface area (Å²) in [7, 11) is 0. The average Bonchev–Trinajstić information content (AvgIpc) is 2.58. The van der Waals surface area contributed by atoms with Crippen LogP contribution in [0.4, 0.5) is 5.82 Å². The number of aliphatic hydroxyl groups is 1. The Morgan fingerprint density at radius 3 is 2.74 bits per heavy atom. The predicted octanol–water partition coefficient (Wildman–Crippen LogP) is 3.25. The summed E-state index contributed by atoms with van der Waals surface area (Å²) in [5.41, 5.74) is 1.69. The van der Waals surface area contributed by atoms with Gasteiger partial charge in [-0.15, -0.1) is 0 Å². The molecule has 0 atom stereocenters. The molecule has 0 aliphatic heterocycles. The van der Waals surface area contributed by atoms with Crippen molar-refractivity contribution >= 4 is 33.9 Å². The molecule has 0 aliphatic carbocycles. The molecule has 0 aliphatic rings.